The van der Waals surface area contributed by atoms with E-state index in [0.717, 1.165) is 24.2 Å². The number of hydrogen-bond acceptors (Lipinski definition) is 2. The standard InChI is InChI=1S/C21H34O2/c1-14(22)23-18-13-15-7-4-5-11-21(15,3)17-9-12-20(2)10-6-8-16(20)19(17)18/h15-19H,4-13H2,1-3H3/t15-,16?,17?,18-,19?,20?,21?/m1/s1. The Labute approximate surface area is 141 Å². The van der Waals surface area contributed by atoms with Crippen molar-refractivity contribution in [2.24, 2.45) is 34.5 Å². The fourth-order valence-electron chi connectivity index (χ4n) is 7.56. The van der Waals surface area contributed by atoms with Crippen LogP contribution in [-0.2, 0) is 9.53 Å². The van der Waals surface area contributed by atoms with Gasteiger partial charge in [0, 0.05) is 12.8 Å². The summed E-state index contributed by atoms with van der Waals surface area (Å²) in [5, 5.41) is 0. The predicted octanol–water partition coefficient (Wildman–Crippen LogP) is 5.35. The maximum absolute atomic E-state index is 11.8. The number of rotatable bonds is 1. The van der Waals surface area contributed by atoms with Gasteiger partial charge >= 0.3 is 5.97 Å². The second-order valence-corrected chi connectivity index (χ2v) is 9.71. The SMILES string of the molecule is CC(=O)O[C@@H]1C[C@H]2CCCCC2(C)C2CCC3(C)CCCC3C21. The van der Waals surface area contributed by atoms with E-state index in [-0.39, 0.29) is 12.1 Å². The lowest BCUT2D eigenvalue weighted by Crippen LogP contribution is -2.57. The molecule has 0 aliphatic heterocycles. The molecule has 0 N–H and O–H groups in total. The first-order valence-corrected chi connectivity index (χ1v) is 10.1. The van der Waals surface area contributed by atoms with Crippen LogP contribution in [0.1, 0.15) is 85.0 Å². The molecule has 4 aliphatic carbocycles. The van der Waals surface area contributed by atoms with Crippen LogP contribution in [0.3, 0.4) is 0 Å². The topological polar surface area (TPSA) is 26.3 Å². The Morgan fingerprint density at radius 1 is 0.957 bits per heavy atom. The lowest BCUT2D eigenvalue weighted by molar-refractivity contribution is -0.185. The molecule has 0 amide bonds. The Kier molecular flexibility index (Phi) is 3.81. The van der Waals surface area contributed by atoms with Gasteiger partial charge in [0.1, 0.15) is 6.10 Å². The quantitative estimate of drug-likeness (QED) is 0.609. The number of esters is 1. The van der Waals surface area contributed by atoms with E-state index in [2.05, 4.69) is 13.8 Å². The van der Waals surface area contributed by atoms with E-state index >= 15 is 0 Å². The first kappa shape index (κ1) is 16.0. The second kappa shape index (κ2) is 5.49. The zero-order chi connectivity index (χ0) is 16.2. The smallest absolute Gasteiger partial charge is 0.302 e. The van der Waals surface area contributed by atoms with Crippen molar-refractivity contribution in [3.05, 3.63) is 0 Å². The average Bonchev–Trinajstić information content (AvgIpc) is 2.88. The third-order valence-corrected chi connectivity index (χ3v) is 8.68. The van der Waals surface area contributed by atoms with E-state index in [1.165, 1.54) is 57.8 Å². The first-order valence-electron chi connectivity index (χ1n) is 10.1. The highest BCUT2D eigenvalue weighted by Gasteiger charge is 2.60. The molecule has 0 saturated heterocycles. The van der Waals surface area contributed by atoms with E-state index in [0.29, 0.717) is 16.7 Å². The van der Waals surface area contributed by atoms with Crippen LogP contribution in [-0.4, -0.2) is 12.1 Å². The number of carbonyl (C=O) groups is 1. The largest absolute Gasteiger partial charge is 0.462 e. The van der Waals surface area contributed by atoms with Crippen molar-refractivity contribution < 1.29 is 9.53 Å². The summed E-state index contributed by atoms with van der Waals surface area (Å²) in [7, 11) is 0. The maximum Gasteiger partial charge on any atom is 0.302 e. The summed E-state index contributed by atoms with van der Waals surface area (Å²) in [6.07, 6.45) is 13.9. The van der Waals surface area contributed by atoms with E-state index in [1.807, 2.05) is 0 Å². The number of hydrogen-bond donors (Lipinski definition) is 0. The third kappa shape index (κ3) is 2.38. The summed E-state index contributed by atoms with van der Waals surface area (Å²) in [5.74, 6) is 2.96. The highest BCUT2D eigenvalue weighted by molar-refractivity contribution is 5.66. The average molecular weight is 319 g/mol. The van der Waals surface area contributed by atoms with Crippen LogP contribution in [0.4, 0.5) is 0 Å². The van der Waals surface area contributed by atoms with Gasteiger partial charge in [0.05, 0.1) is 0 Å². The Morgan fingerprint density at radius 2 is 1.78 bits per heavy atom. The lowest BCUT2D eigenvalue weighted by Gasteiger charge is -2.61. The molecule has 130 valence electrons. The molecule has 7 atom stereocenters. The van der Waals surface area contributed by atoms with Gasteiger partial charge in [-0.25, -0.2) is 0 Å². The monoisotopic (exact) mass is 318 g/mol. The molecule has 4 fully saturated rings. The molecule has 0 aromatic rings. The Hall–Kier alpha value is -0.530. The van der Waals surface area contributed by atoms with Crippen molar-refractivity contribution in [3.63, 3.8) is 0 Å². The molecule has 0 bridgehead atoms. The molecule has 2 heteroatoms. The number of carbonyl (C=O) groups excluding carboxylic acids is 1. The Morgan fingerprint density at radius 3 is 2.57 bits per heavy atom. The molecule has 5 unspecified atom stereocenters. The molecule has 0 spiro atoms. The minimum absolute atomic E-state index is 0.0570. The summed E-state index contributed by atoms with van der Waals surface area (Å²) in [5.41, 5.74) is 1.04. The molecular formula is C21H34O2. The van der Waals surface area contributed by atoms with Gasteiger partial charge in [-0.15, -0.1) is 0 Å². The zero-order valence-electron chi connectivity index (χ0n) is 15.3. The molecule has 2 nitrogen and oxygen atoms in total. The molecule has 0 radical (unpaired) electrons. The van der Waals surface area contributed by atoms with Crippen molar-refractivity contribution in [3.8, 4) is 0 Å². The summed E-state index contributed by atoms with van der Waals surface area (Å²) in [6.45, 7) is 6.73. The van der Waals surface area contributed by atoms with Crippen LogP contribution in [0.5, 0.6) is 0 Å². The van der Waals surface area contributed by atoms with Crippen LogP contribution in [0, 0.1) is 34.5 Å². The molecule has 4 saturated carbocycles. The molecule has 0 heterocycles. The van der Waals surface area contributed by atoms with Crippen LogP contribution >= 0.6 is 0 Å². The van der Waals surface area contributed by atoms with Crippen LogP contribution in [0.25, 0.3) is 0 Å². The van der Waals surface area contributed by atoms with Crippen molar-refractivity contribution in [2.45, 2.75) is 91.1 Å². The Balaban J connectivity index is 1.70. The van der Waals surface area contributed by atoms with Crippen LogP contribution in [0.15, 0.2) is 0 Å². The highest BCUT2D eigenvalue weighted by atomic mass is 16.5. The molecule has 4 aliphatic rings. The van der Waals surface area contributed by atoms with Gasteiger partial charge in [-0.1, -0.05) is 33.1 Å². The molecular weight excluding hydrogens is 284 g/mol. The van der Waals surface area contributed by atoms with Crippen molar-refractivity contribution >= 4 is 5.97 Å². The minimum atomic E-state index is -0.0570. The van der Waals surface area contributed by atoms with Crippen molar-refractivity contribution in [1.29, 1.82) is 0 Å². The van der Waals surface area contributed by atoms with Gasteiger partial charge in [0.15, 0.2) is 0 Å². The van der Waals surface area contributed by atoms with Crippen LogP contribution in [0.2, 0.25) is 0 Å². The fourth-order valence-corrected chi connectivity index (χ4v) is 7.56. The summed E-state index contributed by atoms with van der Waals surface area (Å²) in [4.78, 5) is 11.8. The van der Waals surface area contributed by atoms with Gasteiger partial charge in [0.2, 0.25) is 0 Å². The molecule has 0 aromatic carbocycles. The minimum Gasteiger partial charge on any atom is -0.462 e. The Bertz CT molecular complexity index is 486. The van der Waals surface area contributed by atoms with Crippen LogP contribution < -0.4 is 0 Å². The van der Waals surface area contributed by atoms with Crippen molar-refractivity contribution in [1.82, 2.24) is 0 Å². The summed E-state index contributed by atoms with van der Waals surface area (Å²) in [6, 6.07) is 0. The van der Waals surface area contributed by atoms with E-state index in [4.69, 9.17) is 4.74 Å². The molecule has 23 heavy (non-hydrogen) atoms. The van der Waals surface area contributed by atoms with E-state index in [9.17, 15) is 4.79 Å². The summed E-state index contributed by atoms with van der Waals surface area (Å²) < 4.78 is 5.97. The lowest BCUT2D eigenvalue weighted by atomic mass is 9.44. The second-order valence-electron chi connectivity index (χ2n) is 9.71. The molecule has 4 rings (SSSR count). The predicted molar refractivity (Wildman–Crippen MR) is 91.9 cm³/mol. The zero-order valence-corrected chi connectivity index (χ0v) is 15.3. The fraction of sp³-hybridized carbons (Fsp3) is 0.952. The maximum atomic E-state index is 11.8. The third-order valence-electron chi connectivity index (χ3n) is 8.68. The first-order chi connectivity index (χ1) is 10.9. The number of ether oxygens (including phenoxy) is 1. The van der Waals surface area contributed by atoms with Gasteiger partial charge in [0.25, 0.3) is 0 Å². The van der Waals surface area contributed by atoms with Gasteiger partial charge in [-0.05, 0) is 73.5 Å². The van der Waals surface area contributed by atoms with E-state index in [1.54, 1.807) is 6.92 Å². The van der Waals surface area contributed by atoms with Gasteiger partial charge in [-0.3, -0.25) is 4.79 Å². The highest BCUT2D eigenvalue weighted by Crippen LogP contribution is 2.66. The molecule has 0 aromatic heterocycles. The van der Waals surface area contributed by atoms with E-state index < -0.39 is 0 Å². The van der Waals surface area contributed by atoms with Gasteiger partial charge < -0.3 is 4.74 Å². The van der Waals surface area contributed by atoms with Gasteiger partial charge in [-0.2, -0.15) is 0 Å². The normalized spacial score (nSPS) is 52.2. The number of fused-ring (bicyclic) bond motifs is 5. The van der Waals surface area contributed by atoms with Crippen molar-refractivity contribution in [2.75, 3.05) is 0 Å². The summed E-state index contributed by atoms with van der Waals surface area (Å²) >= 11 is 0.